The summed E-state index contributed by atoms with van der Waals surface area (Å²) in [6.45, 7) is 2.55. The van der Waals surface area contributed by atoms with Crippen LogP contribution in [0.1, 0.15) is 64.2 Å². The van der Waals surface area contributed by atoms with Crippen LogP contribution in [-0.2, 0) is 9.47 Å². The first-order valence-corrected chi connectivity index (χ1v) is 10.5. The van der Waals surface area contributed by atoms with E-state index in [1.54, 1.807) is 0 Å². The van der Waals surface area contributed by atoms with Gasteiger partial charge in [-0.25, -0.2) is 0 Å². The molecule has 0 radical (unpaired) electrons. The van der Waals surface area contributed by atoms with E-state index < -0.39 is 0 Å². The maximum Gasteiger partial charge on any atom is 0.191 e. The number of hydrogen-bond donors (Lipinski definition) is 2. The third kappa shape index (κ3) is 4.02. The Kier molecular flexibility index (Phi) is 7.48. The molecule has 150 valence electrons. The average molecular weight is 477 g/mol. The highest BCUT2D eigenvalue weighted by Crippen LogP contribution is 2.62. The third-order valence-electron chi connectivity index (χ3n) is 7.10. The monoisotopic (exact) mass is 477 g/mol. The van der Waals surface area contributed by atoms with Gasteiger partial charge in [0.25, 0.3) is 0 Å². The molecule has 0 aromatic heterocycles. The molecule has 1 aliphatic heterocycles. The van der Waals surface area contributed by atoms with Gasteiger partial charge in [-0.05, 0) is 32.1 Å². The quantitative estimate of drug-likeness (QED) is 0.209. The molecule has 2 N–H and O–H groups in total. The lowest BCUT2D eigenvalue weighted by atomic mass is 9.46. The molecule has 4 fully saturated rings. The van der Waals surface area contributed by atoms with E-state index in [4.69, 9.17) is 9.47 Å². The minimum atomic E-state index is 0. The van der Waals surface area contributed by atoms with E-state index in [1.165, 1.54) is 64.2 Å². The second kappa shape index (κ2) is 9.41. The van der Waals surface area contributed by atoms with Gasteiger partial charge >= 0.3 is 0 Å². The zero-order valence-corrected chi connectivity index (χ0v) is 18.5. The Labute approximate surface area is 175 Å². The van der Waals surface area contributed by atoms with Crippen LogP contribution in [0.5, 0.6) is 0 Å². The Morgan fingerprint density at radius 2 is 1.88 bits per heavy atom. The molecule has 26 heavy (non-hydrogen) atoms. The largest absolute Gasteiger partial charge is 0.377 e. The van der Waals surface area contributed by atoms with E-state index in [0.717, 1.165) is 25.7 Å². The predicted octanol–water partition coefficient (Wildman–Crippen LogP) is 3.47. The predicted molar refractivity (Wildman–Crippen MR) is 115 cm³/mol. The summed E-state index contributed by atoms with van der Waals surface area (Å²) in [5.41, 5.74) is 0.398. The molecule has 5 nitrogen and oxygen atoms in total. The molecule has 3 aliphatic carbocycles. The van der Waals surface area contributed by atoms with Crippen LogP contribution in [-0.4, -0.2) is 51.0 Å². The first-order valence-electron chi connectivity index (χ1n) is 10.5. The standard InChI is InChI=1S/C20H35N3O2.HI/c1-21-19(22-12-14-24-15-7-4-2-3-5-8-15)23-17-16-9-13-25-18(16)20(17)10-6-11-20;/h15-18H,2-14H2,1H3,(H2,21,22,23);1H. The van der Waals surface area contributed by atoms with Crippen LogP contribution in [0.3, 0.4) is 0 Å². The van der Waals surface area contributed by atoms with Gasteiger partial charge in [-0.15, -0.1) is 24.0 Å². The molecule has 1 spiro atoms. The van der Waals surface area contributed by atoms with Crippen molar-refractivity contribution in [2.24, 2.45) is 16.3 Å². The van der Waals surface area contributed by atoms with Crippen LogP contribution in [0.4, 0.5) is 0 Å². The molecule has 3 saturated carbocycles. The molecule has 1 heterocycles. The highest BCUT2D eigenvalue weighted by molar-refractivity contribution is 14.0. The van der Waals surface area contributed by atoms with Crippen LogP contribution in [0, 0.1) is 11.3 Å². The number of halogens is 1. The Bertz CT molecular complexity index is 476. The van der Waals surface area contributed by atoms with E-state index in [2.05, 4.69) is 15.6 Å². The number of rotatable bonds is 5. The van der Waals surface area contributed by atoms with Crippen molar-refractivity contribution in [1.29, 1.82) is 0 Å². The van der Waals surface area contributed by atoms with Crippen molar-refractivity contribution in [3.8, 4) is 0 Å². The first kappa shape index (κ1) is 20.6. The lowest BCUT2D eigenvalue weighted by molar-refractivity contribution is -0.171. The van der Waals surface area contributed by atoms with Crippen molar-refractivity contribution in [3.05, 3.63) is 0 Å². The summed E-state index contributed by atoms with van der Waals surface area (Å²) >= 11 is 0. The topological polar surface area (TPSA) is 54.9 Å². The van der Waals surface area contributed by atoms with Crippen molar-refractivity contribution in [2.75, 3.05) is 26.8 Å². The fourth-order valence-corrected chi connectivity index (χ4v) is 5.60. The molecule has 3 atom stereocenters. The van der Waals surface area contributed by atoms with E-state index in [9.17, 15) is 0 Å². The van der Waals surface area contributed by atoms with E-state index in [1.807, 2.05) is 7.05 Å². The van der Waals surface area contributed by atoms with E-state index in [0.29, 0.717) is 29.6 Å². The van der Waals surface area contributed by atoms with Crippen LogP contribution in [0.15, 0.2) is 4.99 Å². The Morgan fingerprint density at radius 1 is 1.12 bits per heavy atom. The van der Waals surface area contributed by atoms with Crippen LogP contribution in [0.25, 0.3) is 0 Å². The summed E-state index contributed by atoms with van der Waals surface area (Å²) in [4.78, 5) is 4.45. The van der Waals surface area contributed by atoms with Crippen LogP contribution in [0.2, 0.25) is 0 Å². The van der Waals surface area contributed by atoms with E-state index in [-0.39, 0.29) is 24.0 Å². The minimum Gasteiger partial charge on any atom is -0.377 e. The number of hydrogen-bond acceptors (Lipinski definition) is 3. The molecule has 1 saturated heterocycles. The SMILES string of the molecule is CN=C(NCCOC1CCCCCC1)NC1C2CCOC2C12CCC2.I. The van der Waals surface area contributed by atoms with Gasteiger partial charge in [0.15, 0.2) is 5.96 Å². The molecule has 4 aliphatic rings. The van der Waals surface area contributed by atoms with E-state index >= 15 is 0 Å². The molecule has 0 aromatic rings. The maximum atomic E-state index is 6.08. The summed E-state index contributed by atoms with van der Waals surface area (Å²) in [5, 5.41) is 7.18. The lowest BCUT2D eigenvalue weighted by Crippen LogP contribution is -2.72. The first-order chi connectivity index (χ1) is 12.3. The van der Waals surface area contributed by atoms with Gasteiger partial charge in [0.05, 0.1) is 18.8 Å². The number of ether oxygens (including phenoxy) is 2. The third-order valence-corrected chi connectivity index (χ3v) is 7.10. The zero-order valence-electron chi connectivity index (χ0n) is 16.2. The van der Waals surface area contributed by atoms with Crippen molar-refractivity contribution in [1.82, 2.24) is 10.6 Å². The van der Waals surface area contributed by atoms with Gasteiger partial charge in [0.2, 0.25) is 0 Å². The maximum absolute atomic E-state index is 6.08. The van der Waals surface area contributed by atoms with Gasteiger partial charge in [-0.2, -0.15) is 0 Å². The summed E-state index contributed by atoms with van der Waals surface area (Å²) in [6.07, 6.45) is 14.1. The van der Waals surface area contributed by atoms with Crippen LogP contribution < -0.4 is 10.6 Å². The summed E-state index contributed by atoms with van der Waals surface area (Å²) in [7, 11) is 1.87. The summed E-state index contributed by atoms with van der Waals surface area (Å²) in [5.74, 6) is 1.62. The summed E-state index contributed by atoms with van der Waals surface area (Å²) in [6, 6.07) is 0.544. The van der Waals surface area contributed by atoms with Crippen molar-refractivity contribution >= 4 is 29.9 Å². The molecule has 6 heteroatoms. The molecule has 4 rings (SSSR count). The van der Waals surface area contributed by atoms with Gasteiger partial charge in [0.1, 0.15) is 0 Å². The number of nitrogens with zero attached hydrogens (tertiary/aromatic N) is 1. The van der Waals surface area contributed by atoms with Gasteiger partial charge in [-0.1, -0.05) is 32.1 Å². The number of nitrogens with one attached hydrogen (secondary N) is 2. The fourth-order valence-electron chi connectivity index (χ4n) is 5.60. The highest BCUT2D eigenvalue weighted by Gasteiger charge is 2.66. The smallest absolute Gasteiger partial charge is 0.191 e. The molecule has 0 amide bonds. The Morgan fingerprint density at radius 3 is 2.54 bits per heavy atom. The summed E-state index contributed by atoms with van der Waals surface area (Å²) < 4.78 is 12.1. The minimum absolute atomic E-state index is 0. The number of aliphatic imine (C=N–C) groups is 1. The Hall–Kier alpha value is -0.0800. The average Bonchev–Trinajstić information content (AvgIpc) is 2.83. The molecular formula is C20H36IN3O2. The number of fused-ring (bicyclic) bond motifs is 2. The highest BCUT2D eigenvalue weighted by atomic mass is 127. The second-order valence-electron chi connectivity index (χ2n) is 8.44. The fraction of sp³-hybridized carbons (Fsp3) is 0.950. The van der Waals surface area contributed by atoms with Crippen molar-refractivity contribution in [2.45, 2.75) is 82.5 Å². The molecule has 0 aromatic carbocycles. The Balaban J connectivity index is 0.00000196. The van der Waals surface area contributed by atoms with Gasteiger partial charge < -0.3 is 20.1 Å². The second-order valence-corrected chi connectivity index (χ2v) is 8.44. The van der Waals surface area contributed by atoms with Gasteiger partial charge in [-0.3, -0.25) is 4.99 Å². The zero-order chi connectivity index (χ0) is 17.1. The van der Waals surface area contributed by atoms with Crippen molar-refractivity contribution < 1.29 is 9.47 Å². The van der Waals surface area contributed by atoms with Crippen molar-refractivity contribution in [3.63, 3.8) is 0 Å². The molecular weight excluding hydrogens is 441 g/mol. The van der Waals surface area contributed by atoms with Gasteiger partial charge in [0, 0.05) is 37.6 Å². The molecule has 3 unspecified atom stereocenters. The van der Waals surface area contributed by atoms with Crippen LogP contribution >= 0.6 is 24.0 Å². The lowest BCUT2D eigenvalue weighted by Gasteiger charge is -2.63. The number of guanidine groups is 1. The normalized spacial score (nSPS) is 33.4. The molecule has 0 bridgehead atoms.